The van der Waals surface area contributed by atoms with Crippen molar-refractivity contribution < 1.29 is 4.79 Å². The molecule has 0 aliphatic carbocycles. The molecule has 0 saturated carbocycles. The van der Waals surface area contributed by atoms with Crippen molar-refractivity contribution in [1.82, 2.24) is 5.32 Å². The Labute approximate surface area is 129 Å². The van der Waals surface area contributed by atoms with Crippen molar-refractivity contribution >= 4 is 17.2 Å². The van der Waals surface area contributed by atoms with E-state index in [1.807, 2.05) is 47.8 Å². The molecule has 1 aromatic carbocycles. The second kappa shape index (κ2) is 7.05. The fourth-order valence-corrected chi connectivity index (χ4v) is 3.15. The number of benzene rings is 1. The molecule has 1 amide bonds. The molecule has 1 heterocycles. The van der Waals surface area contributed by atoms with Gasteiger partial charge in [-0.3, -0.25) is 4.79 Å². The van der Waals surface area contributed by atoms with Gasteiger partial charge >= 0.3 is 0 Å². The summed E-state index contributed by atoms with van der Waals surface area (Å²) in [6, 6.07) is 15.2. The smallest absolute Gasteiger partial charge is 0.242 e. The van der Waals surface area contributed by atoms with Gasteiger partial charge in [-0.2, -0.15) is 5.26 Å². The Kier molecular flexibility index (Phi) is 5.13. The second-order valence-electron chi connectivity index (χ2n) is 5.22. The van der Waals surface area contributed by atoms with E-state index in [0.717, 1.165) is 10.4 Å². The van der Waals surface area contributed by atoms with Crippen LogP contribution in [0.15, 0.2) is 47.8 Å². The molecule has 2 atom stereocenters. The number of thiophene rings is 1. The lowest BCUT2D eigenvalue weighted by Crippen LogP contribution is -2.34. The Morgan fingerprint density at radius 1 is 1.19 bits per heavy atom. The van der Waals surface area contributed by atoms with Crippen LogP contribution in [-0.2, 0) is 4.79 Å². The number of rotatable bonds is 5. The minimum absolute atomic E-state index is 0.0583. The number of nitrogens with one attached hydrogen (secondary N) is 1. The molecule has 2 aromatic rings. The first kappa shape index (κ1) is 15.3. The summed E-state index contributed by atoms with van der Waals surface area (Å²) in [5, 5.41) is 14.3. The van der Waals surface area contributed by atoms with Crippen LogP contribution in [0.5, 0.6) is 0 Å². The van der Waals surface area contributed by atoms with Gasteiger partial charge in [0.05, 0.1) is 12.1 Å². The van der Waals surface area contributed by atoms with Crippen LogP contribution in [0.4, 0.5) is 0 Å². The summed E-state index contributed by atoms with van der Waals surface area (Å²) in [6.45, 7) is 4.13. The van der Waals surface area contributed by atoms with Gasteiger partial charge in [0.15, 0.2) is 0 Å². The van der Waals surface area contributed by atoms with E-state index in [2.05, 4.69) is 25.2 Å². The Morgan fingerprint density at radius 3 is 2.43 bits per heavy atom. The van der Waals surface area contributed by atoms with E-state index >= 15 is 0 Å². The number of amides is 1. The van der Waals surface area contributed by atoms with Crippen molar-refractivity contribution in [1.29, 1.82) is 5.26 Å². The summed E-state index contributed by atoms with van der Waals surface area (Å²) in [6.07, 6.45) is 0. The average molecular weight is 298 g/mol. The second-order valence-corrected chi connectivity index (χ2v) is 6.20. The summed E-state index contributed by atoms with van der Waals surface area (Å²) in [5.41, 5.74) is 0.728. The fraction of sp³-hybridized carbons (Fsp3) is 0.294. The van der Waals surface area contributed by atoms with Crippen LogP contribution >= 0.6 is 11.3 Å². The lowest BCUT2D eigenvalue weighted by atomic mass is 9.97. The largest absolute Gasteiger partial charge is 0.347 e. The maximum atomic E-state index is 12.5. The van der Waals surface area contributed by atoms with Gasteiger partial charge in [-0.15, -0.1) is 11.3 Å². The Morgan fingerprint density at radius 2 is 1.90 bits per heavy atom. The van der Waals surface area contributed by atoms with E-state index in [9.17, 15) is 10.1 Å². The van der Waals surface area contributed by atoms with E-state index in [1.54, 1.807) is 11.3 Å². The van der Waals surface area contributed by atoms with Crippen LogP contribution in [0, 0.1) is 17.2 Å². The van der Waals surface area contributed by atoms with Crippen molar-refractivity contribution in [2.45, 2.75) is 25.8 Å². The van der Waals surface area contributed by atoms with E-state index in [-0.39, 0.29) is 17.9 Å². The first-order valence-electron chi connectivity index (χ1n) is 6.91. The first-order valence-corrected chi connectivity index (χ1v) is 7.79. The van der Waals surface area contributed by atoms with Crippen LogP contribution in [-0.4, -0.2) is 5.91 Å². The van der Waals surface area contributed by atoms with Gasteiger partial charge in [-0.25, -0.2) is 0 Å². The van der Waals surface area contributed by atoms with Crippen molar-refractivity contribution in [2.75, 3.05) is 0 Å². The van der Waals surface area contributed by atoms with Crippen molar-refractivity contribution in [2.24, 2.45) is 5.92 Å². The summed E-state index contributed by atoms with van der Waals surface area (Å²) in [4.78, 5) is 13.6. The molecule has 108 valence electrons. The average Bonchev–Trinajstić information content (AvgIpc) is 3.00. The minimum atomic E-state index is -0.771. The predicted octanol–water partition coefficient (Wildman–Crippen LogP) is 3.87. The van der Waals surface area contributed by atoms with Crippen LogP contribution in [0.2, 0.25) is 0 Å². The zero-order chi connectivity index (χ0) is 15.2. The fourth-order valence-electron chi connectivity index (χ4n) is 2.20. The molecule has 2 unspecified atom stereocenters. The van der Waals surface area contributed by atoms with Gasteiger partial charge in [0.1, 0.15) is 5.92 Å². The minimum Gasteiger partial charge on any atom is -0.347 e. The van der Waals surface area contributed by atoms with Crippen molar-refractivity contribution in [3.8, 4) is 6.07 Å². The molecule has 0 aliphatic rings. The molecule has 0 radical (unpaired) electrons. The lowest BCUT2D eigenvalue weighted by molar-refractivity contribution is -0.122. The monoisotopic (exact) mass is 298 g/mol. The van der Waals surface area contributed by atoms with Crippen LogP contribution in [0.1, 0.15) is 36.2 Å². The maximum absolute atomic E-state index is 12.5. The Balaban J connectivity index is 2.17. The van der Waals surface area contributed by atoms with E-state index in [1.165, 1.54) is 0 Å². The van der Waals surface area contributed by atoms with Gasteiger partial charge < -0.3 is 5.32 Å². The molecule has 0 spiro atoms. The summed E-state index contributed by atoms with van der Waals surface area (Å²) >= 11 is 1.62. The number of hydrogen-bond acceptors (Lipinski definition) is 3. The summed E-state index contributed by atoms with van der Waals surface area (Å²) in [7, 11) is 0. The highest BCUT2D eigenvalue weighted by atomic mass is 32.1. The molecule has 0 fully saturated rings. The number of nitriles is 1. The quantitative estimate of drug-likeness (QED) is 0.911. The zero-order valence-corrected chi connectivity index (χ0v) is 12.9. The van der Waals surface area contributed by atoms with E-state index < -0.39 is 5.92 Å². The topological polar surface area (TPSA) is 52.9 Å². The highest BCUT2D eigenvalue weighted by Crippen LogP contribution is 2.27. The van der Waals surface area contributed by atoms with Gasteiger partial charge in [0.2, 0.25) is 5.91 Å². The van der Waals surface area contributed by atoms with Gasteiger partial charge in [-0.05, 0) is 22.9 Å². The highest BCUT2D eigenvalue weighted by Gasteiger charge is 2.25. The molecule has 0 bridgehead atoms. The van der Waals surface area contributed by atoms with Crippen molar-refractivity contribution in [3.05, 3.63) is 58.3 Å². The number of hydrogen-bond donors (Lipinski definition) is 1. The highest BCUT2D eigenvalue weighted by molar-refractivity contribution is 7.10. The molecule has 4 heteroatoms. The third-order valence-electron chi connectivity index (χ3n) is 3.34. The standard InChI is InChI=1S/C17H18N2OS/c1-12(2)16(15-9-6-10-21-15)19-17(20)14(11-18)13-7-4-3-5-8-13/h3-10,12,14,16H,1-2H3,(H,19,20). The predicted molar refractivity (Wildman–Crippen MR) is 84.8 cm³/mol. The third kappa shape index (κ3) is 3.71. The summed E-state index contributed by atoms with van der Waals surface area (Å²) < 4.78 is 0. The number of carbonyl (C=O) groups is 1. The molecule has 21 heavy (non-hydrogen) atoms. The van der Waals surface area contributed by atoms with Crippen LogP contribution in [0.3, 0.4) is 0 Å². The SMILES string of the molecule is CC(C)C(NC(=O)C(C#N)c1ccccc1)c1cccs1. The molecular formula is C17H18N2OS. The van der Waals surface area contributed by atoms with Crippen molar-refractivity contribution in [3.63, 3.8) is 0 Å². The van der Waals surface area contributed by atoms with E-state index in [4.69, 9.17) is 0 Å². The molecular weight excluding hydrogens is 280 g/mol. The third-order valence-corrected chi connectivity index (χ3v) is 4.29. The van der Waals surface area contributed by atoms with Crippen LogP contribution < -0.4 is 5.32 Å². The molecule has 3 nitrogen and oxygen atoms in total. The molecule has 1 N–H and O–H groups in total. The van der Waals surface area contributed by atoms with Gasteiger partial charge in [0, 0.05) is 4.88 Å². The van der Waals surface area contributed by atoms with E-state index in [0.29, 0.717) is 0 Å². The molecule has 1 aromatic heterocycles. The lowest BCUT2D eigenvalue weighted by Gasteiger charge is -2.22. The Bertz CT molecular complexity index is 614. The molecule has 0 aliphatic heterocycles. The summed E-state index contributed by atoms with van der Waals surface area (Å²) in [5.74, 6) is -0.745. The first-order chi connectivity index (χ1) is 10.1. The zero-order valence-electron chi connectivity index (χ0n) is 12.1. The maximum Gasteiger partial charge on any atom is 0.242 e. The normalized spacial score (nSPS) is 13.4. The number of carbonyl (C=O) groups excluding carboxylic acids is 1. The van der Waals surface area contributed by atoms with Gasteiger partial charge in [-0.1, -0.05) is 50.2 Å². The van der Waals surface area contributed by atoms with Crippen LogP contribution in [0.25, 0.3) is 0 Å². The molecule has 2 rings (SSSR count). The Hall–Kier alpha value is -2.12. The number of nitrogens with zero attached hydrogens (tertiary/aromatic N) is 1. The van der Waals surface area contributed by atoms with Gasteiger partial charge in [0.25, 0.3) is 0 Å². The molecule has 0 saturated heterocycles.